The second-order valence-electron chi connectivity index (χ2n) is 8.19. The average Bonchev–Trinajstić information content (AvgIpc) is 2.88. The molecule has 1 aliphatic heterocycles. The van der Waals surface area contributed by atoms with Gasteiger partial charge in [0.15, 0.2) is 0 Å². The topological polar surface area (TPSA) is 18.5 Å². The highest BCUT2D eigenvalue weighted by Gasteiger charge is 2.35. The van der Waals surface area contributed by atoms with Crippen molar-refractivity contribution in [3.8, 4) is 0 Å². The quantitative estimate of drug-likeness (QED) is 0.779. The van der Waals surface area contributed by atoms with Crippen LogP contribution in [0.5, 0.6) is 0 Å². The zero-order valence-corrected chi connectivity index (χ0v) is 14.8. The van der Waals surface area contributed by atoms with E-state index in [0.717, 1.165) is 5.92 Å². The van der Waals surface area contributed by atoms with Crippen LogP contribution in [0.2, 0.25) is 0 Å². The SMILES string of the molecule is CC(C)NCC1(CN(C)CC2CCN(C)CC2)CCCC1. The highest BCUT2D eigenvalue weighted by molar-refractivity contribution is 4.90. The molecule has 0 atom stereocenters. The molecular formula is C18H37N3. The third-order valence-corrected chi connectivity index (χ3v) is 5.56. The van der Waals surface area contributed by atoms with Crippen LogP contribution >= 0.6 is 0 Å². The van der Waals surface area contributed by atoms with E-state index in [1.807, 2.05) is 0 Å². The van der Waals surface area contributed by atoms with Crippen molar-refractivity contribution < 1.29 is 0 Å². The fourth-order valence-corrected chi connectivity index (χ4v) is 4.26. The zero-order chi connectivity index (χ0) is 15.3. The highest BCUT2D eigenvalue weighted by atomic mass is 15.1. The van der Waals surface area contributed by atoms with Gasteiger partial charge in [0.2, 0.25) is 0 Å². The molecule has 21 heavy (non-hydrogen) atoms. The molecule has 1 saturated heterocycles. The van der Waals surface area contributed by atoms with Gasteiger partial charge in [-0.2, -0.15) is 0 Å². The minimum atomic E-state index is 0.546. The fourth-order valence-electron chi connectivity index (χ4n) is 4.26. The Balaban J connectivity index is 1.79. The Morgan fingerprint density at radius 2 is 1.81 bits per heavy atom. The smallest absolute Gasteiger partial charge is 0.00472 e. The molecule has 0 aromatic rings. The van der Waals surface area contributed by atoms with Crippen molar-refractivity contribution in [1.82, 2.24) is 15.1 Å². The van der Waals surface area contributed by atoms with E-state index in [-0.39, 0.29) is 0 Å². The number of hydrogen-bond donors (Lipinski definition) is 1. The molecular weight excluding hydrogens is 258 g/mol. The summed E-state index contributed by atoms with van der Waals surface area (Å²) in [6, 6.07) is 0.613. The van der Waals surface area contributed by atoms with Gasteiger partial charge in [0.25, 0.3) is 0 Å². The van der Waals surface area contributed by atoms with Gasteiger partial charge < -0.3 is 15.1 Å². The third-order valence-electron chi connectivity index (χ3n) is 5.56. The number of hydrogen-bond acceptors (Lipinski definition) is 3. The summed E-state index contributed by atoms with van der Waals surface area (Å²) in [4.78, 5) is 5.12. The van der Waals surface area contributed by atoms with Crippen molar-refractivity contribution in [3.05, 3.63) is 0 Å². The maximum Gasteiger partial charge on any atom is 0.00472 e. The molecule has 1 heterocycles. The molecule has 0 aromatic carbocycles. The van der Waals surface area contributed by atoms with Gasteiger partial charge in [0, 0.05) is 25.7 Å². The van der Waals surface area contributed by atoms with Crippen molar-refractivity contribution in [1.29, 1.82) is 0 Å². The lowest BCUT2D eigenvalue weighted by Gasteiger charge is -2.37. The van der Waals surface area contributed by atoms with E-state index in [4.69, 9.17) is 0 Å². The molecule has 0 radical (unpaired) electrons. The lowest BCUT2D eigenvalue weighted by molar-refractivity contribution is 0.128. The summed E-state index contributed by atoms with van der Waals surface area (Å²) in [5, 5.41) is 3.71. The molecule has 2 fully saturated rings. The maximum atomic E-state index is 3.71. The Bertz CT molecular complexity index is 289. The summed E-state index contributed by atoms with van der Waals surface area (Å²) in [5.74, 6) is 0.919. The second kappa shape index (κ2) is 7.94. The molecule has 0 aromatic heterocycles. The van der Waals surface area contributed by atoms with Crippen molar-refractivity contribution in [2.24, 2.45) is 11.3 Å². The Morgan fingerprint density at radius 1 is 1.19 bits per heavy atom. The van der Waals surface area contributed by atoms with E-state index in [1.54, 1.807) is 0 Å². The molecule has 2 rings (SSSR count). The molecule has 3 heteroatoms. The molecule has 0 amide bonds. The van der Waals surface area contributed by atoms with E-state index < -0.39 is 0 Å². The molecule has 0 spiro atoms. The van der Waals surface area contributed by atoms with Gasteiger partial charge in [-0.3, -0.25) is 0 Å². The predicted octanol–water partition coefficient (Wildman–Crippen LogP) is 2.82. The van der Waals surface area contributed by atoms with E-state index in [9.17, 15) is 0 Å². The second-order valence-corrected chi connectivity index (χ2v) is 8.19. The van der Waals surface area contributed by atoms with Gasteiger partial charge >= 0.3 is 0 Å². The van der Waals surface area contributed by atoms with Gasteiger partial charge in [0.1, 0.15) is 0 Å². The molecule has 0 bridgehead atoms. The molecule has 1 saturated carbocycles. The van der Waals surface area contributed by atoms with Crippen LogP contribution in [-0.4, -0.2) is 62.7 Å². The Morgan fingerprint density at radius 3 is 2.38 bits per heavy atom. The normalized spacial score (nSPS) is 24.3. The van der Waals surface area contributed by atoms with Crippen LogP contribution in [0.15, 0.2) is 0 Å². The predicted molar refractivity (Wildman–Crippen MR) is 91.8 cm³/mol. The van der Waals surface area contributed by atoms with Crippen molar-refractivity contribution in [2.75, 3.05) is 46.8 Å². The van der Waals surface area contributed by atoms with Crippen LogP contribution in [0, 0.1) is 11.3 Å². The summed E-state index contributed by atoms with van der Waals surface area (Å²) >= 11 is 0. The number of nitrogens with one attached hydrogen (secondary N) is 1. The first-order chi connectivity index (χ1) is 9.99. The van der Waals surface area contributed by atoms with Crippen LogP contribution < -0.4 is 5.32 Å². The van der Waals surface area contributed by atoms with Crippen LogP contribution in [0.25, 0.3) is 0 Å². The number of piperidine rings is 1. The van der Waals surface area contributed by atoms with E-state index >= 15 is 0 Å². The average molecular weight is 296 g/mol. The summed E-state index contributed by atoms with van der Waals surface area (Å²) in [7, 11) is 4.61. The minimum absolute atomic E-state index is 0.546. The standard InChI is InChI=1S/C18H37N3/c1-16(2)19-14-18(9-5-6-10-18)15-21(4)13-17-7-11-20(3)12-8-17/h16-17,19H,5-15H2,1-4H3. The molecule has 1 aliphatic carbocycles. The number of nitrogens with zero attached hydrogens (tertiary/aromatic N) is 2. The summed E-state index contributed by atoms with van der Waals surface area (Å²) < 4.78 is 0. The first kappa shape index (κ1) is 17.2. The molecule has 1 N–H and O–H groups in total. The van der Waals surface area contributed by atoms with E-state index in [0.29, 0.717) is 11.5 Å². The lowest BCUT2D eigenvalue weighted by Crippen LogP contribution is -2.45. The van der Waals surface area contributed by atoms with Crippen LogP contribution in [0.3, 0.4) is 0 Å². The van der Waals surface area contributed by atoms with Gasteiger partial charge in [-0.15, -0.1) is 0 Å². The molecule has 3 nitrogen and oxygen atoms in total. The molecule has 124 valence electrons. The minimum Gasteiger partial charge on any atom is -0.314 e. The largest absolute Gasteiger partial charge is 0.314 e. The van der Waals surface area contributed by atoms with Gasteiger partial charge in [-0.1, -0.05) is 26.7 Å². The molecule has 2 aliphatic rings. The van der Waals surface area contributed by atoms with Crippen molar-refractivity contribution in [3.63, 3.8) is 0 Å². The summed E-state index contributed by atoms with van der Waals surface area (Å²) in [5.41, 5.74) is 0.546. The molecule has 0 unspecified atom stereocenters. The Kier molecular flexibility index (Phi) is 6.51. The van der Waals surface area contributed by atoms with Crippen molar-refractivity contribution in [2.45, 2.75) is 58.4 Å². The summed E-state index contributed by atoms with van der Waals surface area (Å²) in [6.45, 7) is 10.9. The van der Waals surface area contributed by atoms with Gasteiger partial charge in [0.05, 0.1) is 0 Å². The summed E-state index contributed by atoms with van der Waals surface area (Å²) in [6.07, 6.45) is 8.48. The lowest BCUT2D eigenvalue weighted by atomic mass is 9.84. The highest BCUT2D eigenvalue weighted by Crippen LogP contribution is 2.38. The first-order valence-electron chi connectivity index (χ1n) is 9.10. The van der Waals surface area contributed by atoms with E-state index in [1.165, 1.54) is 71.2 Å². The first-order valence-corrected chi connectivity index (χ1v) is 9.10. The number of likely N-dealkylation sites (tertiary alicyclic amines) is 1. The third kappa shape index (κ3) is 5.54. The van der Waals surface area contributed by atoms with Crippen LogP contribution in [0.4, 0.5) is 0 Å². The Hall–Kier alpha value is -0.120. The monoisotopic (exact) mass is 295 g/mol. The van der Waals surface area contributed by atoms with Gasteiger partial charge in [-0.25, -0.2) is 0 Å². The fraction of sp³-hybridized carbons (Fsp3) is 1.00. The van der Waals surface area contributed by atoms with Crippen LogP contribution in [0.1, 0.15) is 52.4 Å². The van der Waals surface area contributed by atoms with Crippen LogP contribution in [-0.2, 0) is 0 Å². The van der Waals surface area contributed by atoms with E-state index in [2.05, 4.69) is 43.1 Å². The maximum absolute atomic E-state index is 3.71. The van der Waals surface area contributed by atoms with Crippen molar-refractivity contribution >= 4 is 0 Å². The van der Waals surface area contributed by atoms with Gasteiger partial charge in [-0.05, 0) is 64.2 Å². The zero-order valence-electron chi connectivity index (χ0n) is 14.8. The number of rotatable bonds is 7. The Labute approximate surface area is 132 Å².